The van der Waals surface area contributed by atoms with Gasteiger partial charge in [-0.3, -0.25) is 9.59 Å². The van der Waals surface area contributed by atoms with Crippen molar-refractivity contribution < 1.29 is 24.2 Å². The molecule has 1 N–H and O–H groups in total. The van der Waals surface area contributed by atoms with Gasteiger partial charge in [-0.1, -0.05) is 6.92 Å². The van der Waals surface area contributed by atoms with E-state index in [2.05, 4.69) is 0 Å². The topological polar surface area (TPSA) is 72.8 Å². The maximum atomic E-state index is 12.3. The Balaban J connectivity index is 1.72. The van der Waals surface area contributed by atoms with Crippen LogP contribution in [0.15, 0.2) is 0 Å². The predicted molar refractivity (Wildman–Crippen MR) is 74.1 cm³/mol. The summed E-state index contributed by atoms with van der Waals surface area (Å²) in [7, 11) is 0. The second kappa shape index (κ2) is 4.70. The van der Waals surface area contributed by atoms with Crippen LogP contribution in [-0.2, 0) is 19.1 Å². The maximum absolute atomic E-state index is 12.3. The average molecular weight is 296 g/mol. The van der Waals surface area contributed by atoms with Crippen molar-refractivity contribution in [2.75, 3.05) is 13.2 Å². The number of carbonyl (C=O) groups excluding carboxylic acids is 2. The number of fused-ring (bicyclic) bond motifs is 5. The van der Waals surface area contributed by atoms with Gasteiger partial charge in [0.05, 0.1) is 24.0 Å². The van der Waals surface area contributed by atoms with Crippen LogP contribution in [0.1, 0.15) is 40.0 Å². The SMILES string of the molecule is CCC(C)(CO)C(=O)OC1CC2CC1C1COC(=O)C21C. The second-order valence-electron chi connectivity index (χ2n) is 7.34. The zero-order valence-corrected chi connectivity index (χ0v) is 12.9. The first kappa shape index (κ1) is 14.8. The molecule has 2 saturated carbocycles. The molecule has 3 fully saturated rings. The van der Waals surface area contributed by atoms with Crippen LogP contribution in [-0.4, -0.2) is 36.4 Å². The lowest BCUT2D eigenvalue weighted by molar-refractivity contribution is -0.168. The predicted octanol–water partition coefficient (Wildman–Crippen LogP) is 1.53. The lowest BCUT2D eigenvalue weighted by Gasteiger charge is -2.36. The number of aliphatic hydroxyl groups is 1. The van der Waals surface area contributed by atoms with Gasteiger partial charge in [0.1, 0.15) is 6.10 Å². The van der Waals surface area contributed by atoms with Crippen LogP contribution in [0, 0.1) is 28.6 Å². The largest absolute Gasteiger partial charge is 0.465 e. The van der Waals surface area contributed by atoms with Crippen LogP contribution >= 0.6 is 0 Å². The third-order valence-electron chi connectivity index (χ3n) is 6.40. The maximum Gasteiger partial charge on any atom is 0.314 e. The van der Waals surface area contributed by atoms with Crippen LogP contribution < -0.4 is 0 Å². The summed E-state index contributed by atoms with van der Waals surface area (Å²) in [5, 5.41) is 9.42. The molecule has 5 heteroatoms. The Hall–Kier alpha value is -1.10. The zero-order valence-electron chi connectivity index (χ0n) is 12.9. The van der Waals surface area contributed by atoms with Gasteiger partial charge in [-0.2, -0.15) is 0 Å². The Kier molecular flexibility index (Phi) is 3.32. The van der Waals surface area contributed by atoms with E-state index in [4.69, 9.17) is 9.47 Å². The molecule has 3 aliphatic rings. The van der Waals surface area contributed by atoms with E-state index >= 15 is 0 Å². The highest BCUT2D eigenvalue weighted by atomic mass is 16.6. The highest BCUT2D eigenvalue weighted by Gasteiger charge is 2.67. The molecule has 1 saturated heterocycles. The van der Waals surface area contributed by atoms with E-state index in [-0.39, 0.29) is 47.8 Å². The fourth-order valence-corrected chi connectivity index (χ4v) is 4.36. The van der Waals surface area contributed by atoms with Crippen LogP contribution in [0.3, 0.4) is 0 Å². The van der Waals surface area contributed by atoms with Gasteiger partial charge in [0, 0.05) is 11.8 Å². The number of carbonyl (C=O) groups is 2. The fraction of sp³-hybridized carbons (Fsp3) is 0.875. The summed E-state index contributed by atoms with van der Waals surface area (Å²) in [6, 6.07) is 0. The number of esters is 2. The number of cyclic esters (lactones) is 1. The summed E-state index contributed by atoms with van der Waals surface area (Å²) >= 11 is 0. The molecular formula is C16H24O5. The van der Waals surface area contributed by atoms with Gasteiger partial charge in [0.15, 0.2) is 0 Å². The van der Waals surface area contributed by atoms with Crippen molar-refractivity contribution in [1.29, 1.82) is 0 Å². The molecule has 1 aliphatic heterocycles. The Morgan fingerprint density at radius 1 is 1.52 bits per heavy atom. The molecule has 0 radical (unpaired) electrons. The third-order valence-corrected chi connectivity index (χ3v) is 6.40. The van der Waals surface area contributed by atoms with Crippen LogP contribution in [0.2, 0.25) is 0 Å². The van der Waals surface area contributed by atoms with Gasteiger partial charge in [-0.05, 0) is 39.0 Å². The van der Waals surface area contributed by atoms with E-state index in [1.165, 1.54) is 0 Å². The van der Waals surface area contributed by atoms with Crippen molar-refractivity contribution in [3.63, 3.8) is 0 Å². The highest BCUT2D eigenvalue weighted by molar-refractivity contribution is 5.80. The summed E-state index contributed by atoms with van der Waals surface area (Å²) in [5.41, 5.74) is -1.20. The molecule has 118 valence electrons. The van der Waals surface area contributed by atoms with Crippen LogP contribution in [0.25, 0.3) is 0 Å². The van der Waals surface area contributed by atoms with Crippen molar-refractivity contribution in [2.45, 2.75) is 46.1 Å². The molecule has 5 nitrogen and oxygen atoms in total. The van der Waals surface area contributed by atoms with E-state index < -0.39 is 5.41 Å². The van der Waals surface area contributed by atoms with Crippen LogP contribution in [0.4, 0.5) is 0 Å². The van der Waals surface area contributed by atoms with E-state index in [0.29, 0.717) is 13.0 Å². The standard InChI is InChI=1S/C16H24O5/c1-4-15(2,8-17)13(18)21-12-6-9-5-10(12)11-7-20-14(19)16(9,11)3/h9-12,17H,4-8H2,1-3H3. The Labute approximate surface area is 125 Å². The second-order valence-corrected chi connectivity index (χ2v) is 7.34. The Bertz CT molecular complexity index is 469. The minimum Gasteiger partial charge on any atom is -0.465 e. The van der Waals surface area contributed by atoms with Crippen molar-refractivity contribution in [2.24, 2.45) is 28.6 Å². The smallest absolute Gasteiger partial charge is 0.314 e. The third kappa shape index (κ3) is 1.86. The van der Waals surface area contributed by atoms with E-state index in [1.54, 1.807) is 6.92 Å². The molecule has 6 atom stereocenters. The van der Waals surface area contributed by atoms with Crippen molar-refractivity contribution in [3.05, 3.63) is 0 Å². The summed E-state index contributed by atoms with van der Waals surface area (Å²) in [6.45, 7) is 5.86. The number of hydrogen-bond donors (Lipinski definition) is 1. The Morgan fingerprint density at radius 3 is 2.86 bits per heavy atom. The molecule has 2 aliphatic carbocycles. The van der Waals surface area contributed by atoms with Gasteiger partial charge in [0.25, 0.3) is 0 Å². The zero-order chi connectivity index (χ0) is 15.4. The lowest BCUT2D eigenvalue weighted by Crippen LogP contribution is -2.44. The average Bonchev–Trinajstić information content (AvgIpc) is 3.09. The number of hydrogen-bond acceptors (Lipinski definition) is 5. The first-order chi connectivity index (χ1) is 9.86. The normalized spacial score (nSPS) is 43.3. The summed E-state index contributed by atoms with van der Waals surface area (Å²) in [5.74, 6) is 0.233. The first-order valence-electron chi connectivity index (χ1n) is 7.86. The van der Waals surface area contributed by atoms with Crippen molar-refractivity contribution >= 4 is 11.9 Å². The quantitative estimate of drug-likeness (QED) is 0.796. The minimum absolute atomic E-state index is 0.0847. The van der Waals surface area contributed by atoms with Crippen molar-refractivity contribution in [3.8, 4) is 0 Å². The first-order valence-corrected chi connectivity index (χ1v) is 7.86. The van der Waals surface area contributed by atoms with Gasteiger partial charge < -0.3 is 14.6 Å². The van der Waals surface area contributed by atoms with Crippen molar-refractivity contribution in [1.82, 2.24) is 0 Å². The van der Waals surface area contributed by atoms with E-state index in [0.717, 1.165) is 12.8 Å². The van der Waals surface area contributed by atoms with Gasteiger partial charge in [0.2, 0.25) is 0 Å². The van der Waals surface area contributed by atoms with E-state index in [1.807, 2.05) is 13.8 Å². The molecule has 0 aromatic heterocycles. The number of aliphatic hydroxyl groups excluding tert-OH is 1. The molecule has 6 unspecified atom stereocenters. The number of rotatable bonds is 4. The molecule has 21 heavy (non-hydrogen) atoms. The van der Waals surface area contributed by atoms with E-state index in [9.17, 15) is 14.7 Å². The van der Waals surface area contributed by atoms with Gasteiger partial charge in [-0.25, -0.2) is 0 Å². The van der Waals surface area contributed by atoms with Crippen LogP contribution in [0.5, 0.6) is 0 Å². The summed E-state index contributed by atoms with van der Waals surface area (Å²) in [6.07, 6.45) is 2.10. The van der Waals surface area contributed by atoms with Gasteiger partial charge in [-0.15, -0.1) is 0 Å². The van der Waals surface area contributed by atoms with Gasteiger partial charge >= 0.3 is 11.9 Å². The molecule has 0 amide bonds. The number of ether oxygens (including phenoxy) is 2. The summed E-state index contributed by atoms with van der Waals surface area (Å²) in [4.78, 5) is 24.3. The molecule has 1 heterocycles. The fourth-order valence-electron chi connectivity index (χ4n) is 4.36. The molecule has 0 aromatic carbocycles. The molecule has 3 rings (SSSR count). The molecular weight excluding hydrogens is 272 g/mol. The minimum atomic E-state index is -0.826. The lowest BCUT2D eigenvalue weighted by atomic mass is 9.68. The highest BCUT2D eigenvalue weighted by Crippen LogP contribution is 2.63. The molecule has 0 aromatic rings. The Morgan fingerprint density at radius 2 is 2.24 bits per heavy atom. The monoisotopic (exact) mass is 296 g/mol. The molecule has 0 spiro atoms. The summed E-state index contributed by atoms with van der Waals surface area (Å²) < 4.78 is 11.0. The molecule has 2 bridgehead atoms.